The van der Waals surface area contributed by atoms with Gasteiger partial charge in [0.05, 0.1) is 24.0 Å². The van der Waals surface area contributed by atoms with Crippen molar-refractivity contribution in [2.45, 2.75) is 13.0 Å². The van der Waals surface area contributed by atoms with E-state index in [-0.39, 0.29) is 23.8 Å². The second-order valence-electron chi connectivity index (χ2n) is 4.10. The molecule has 1 aromatic carbocycles. The molecule has 0 aliphatic heterocycles. The topological polar surface area (TPSA) is 81.4 Å². The van der Waals surface area contributed by atoms with Crippen LogP contribution in [0.15, 0.2) is 30.3 Å². The van der Waals surface area contributed by atoms with Crippen molar-refractivity contribution in [3.63, 3.8) is 0 Å². The molecule has 1 rings (SSSR count). The molecule has 0 bridgehead atoms. The zero-order valence-corrected chi connectivity index (χ0v) is 11.8. The van der Waals surface area contributed by atoms with Gasteiger partial charge in [-0.2, -0.15) is 5.26 Å². The summed E-state index contributed by atoms with van der Waals surface area (Å²) in [5.74, 6) is -1.06. The Balaban J connectivity index is 2.56. The molecule has 0 saturated heterocycles. The van der Waals surface area contributed by atoms with E-state index in [1.54, 1.807) is 4.90 Å². The number of aliphatic carboxylic acids is 1. The summed E-state index contributed by atoms with van der Waals surface area (Å²) < 4.78 is 0. The number of carbonyl (C=O) groups is 2. The second-order valence-corrected chi connectivity index (χ2v) is 5.08. The lowest BCUT2D eigenvalue weighted by Crippen LogP contribution is -2.33. The van der Waals surface area contributed by atoms with Gasteiger partial charge in [0.2, 0.25) is 5.91 Å². The van der Waals surface area contributed by atoms with Crippen LogP contribution in [0.2, 0.25) is 0 Å². The van der Waals surface area contributed by atoms with Gasteiger partial charge in [-0.15, -0.1) is 11.8 Å². The molecule has 1 amide bonds. The molecule has 0 fully saturated rings. The monoisotopic (exact) mass is 292 g/mol. The number of nitrogens with zero attached hydrogens (tertiary/aromatic N) is 2. The Kier molecular flexibility index (Phi) is 7.22. The normalized spacial score (nSPS) is 9.75. The van der Waals surface area contributed by atoms with Crippen molar-refractivity contribution < 1.29 is 14.7 Å². The fraction of sp³-hybridized carbons (Fsp3) is 0.357. The summed E-state index contributed by atoms with van der Waals surface area (Å²) in [6.07, 6.45) is 0.266. The van der Waals surface area contributed by atoms with Crippen LogP contribution >= 0.6 is 11.8 Å². The van der Waals surface area contributed by atoms with Crippen molar-refractivity contribution in [2.24, 2.45) is 0 Å². The number of carboxylic acid groups (broad SMARTS) is 1. The lowest BCUT2D eigenvalue weighted by molar-refractivity contribution is -0.133. The van der Waals surface area contributed by atoms with Crippen LogP contribution < -0.4 is 0 Å². The molecule has 6 heteroatoms. The summed E-state index contributed by atoms with van der Waals surface area (Å²) in [7, 11) is 0. The highest BCUT2D eigenvalue weighted by Crippen LogP contribution is 2.09. The zero-order valence-electron chi connectivity index (χ0n) is 11.0. The Bertz CT molecular complexity index is 485. The molecule has 0 heterocycles. The predicted molar refractivity (Wildman–Crippen MR) is 77.0 cm³/mol. The van der Waals surface area contributed by atoms with Gasteiger partial charge in [-0.1, -0.05) is 30.3 Å². The maximum absolute atomic E-state index is 12.0. The number of amides is 1. The number of carbonyl (C=O) groups excluding carboxylic acids is 1. The fourth-order valence-corrected chi connectivity index (χ4v) is 2.23. The van der Waals surface area contributed by atoms with Crippen molar-refractivity contribution in [2.75, 3.05) is 18.1 Å². The van der Waals surface area contributed by atoms with Gasteiger partial charge in [-0.25, -0.2) is 0 Å². The van der Waals surface area contributed by atoms with E-state index in [2.05, 4.69) is 0 Å². The molecule has 20 heavy (non-hydrogen) atoms. The summed E-state index contributed by atoms with van der Waals surface area (Å²) >= 11 is 1.07. The van der Waals surface area contributed by atoms with E-state index in [0.717, 1.165) is 17.3 Å². The highest BCUT2D eigenvalue weighted by Gasteiger charge is 2.14. The van der Waals surface area contributed by atoms with Crippen LogP contribution in [0.1, 0.15) is 12.0 Å². The summed E-state index contributed by atoms with van der Waals surface area (Å²) in [4.78, 5) is 24.1. The Hall–Kier alpha value is -2.00. The number of hydrogen-bond donors (Lipinski definition) is 1. The van der Waals surface area contributed by atoms with Crippen LogP contribution in [0.5, 0.6) is 0 Å². The first-order chi connectivity index (χ1) is 9.63. The fourth-order valence-electron chi connectivity index (χ4n) is 1.60. The van der Waals surface area contributed by atoms with Crippen LogP contribution in [-0.2, 0) is 16.1 Å². The third kappa shape index (κ3) is 6.25. The maximum Gasteiger partial charge on any atom is 0.313 e. The predicted octanol–water partition coefficient (Wildman–Crippen LogP) is 1.75. The van der Waals surface area contributed by atoms with E-state index in [9.17, 15) is 9.59 Å². The Morgan fingerprint density at radius 2 is 1.95 bits per heavy atom. The molecule has 0 aliphatic carbocycles. The molecule has 0 aliphatic rings. The molecule has 1 aromatic rings. The van der Waals surface area contributed by atoms with Crippen molar-refractivity contribution in [1.82, 2.24) is 4.90 Å². The molecular formula is C14H16N2O3S. The van der Waals surface area contributed by atoms with Crippen LogP contribution in [0, 0.1) is 11.3 Å². The molecule has 1 N–H and O–H groups in total. The van der Waals surface area contributed by atoms with E-state index < -0.39 is 5.97 Å². The Morgan fingerprint density at radius 3 is 2.55 bits per heavy atom. The summed E-state index contributed by atoms with van der Waals surface area (Å²) in [5.41, 5.74) is 0.988. The quantitative estimate of drug-likeness (QED) is 0.789. The molecule has 0 unspecified atom stereocenters. The Morgan fingerprint density at radius 1 is 1.25 bits per heavy atom. The van der Waals surface area contributed by atoms with Gasteiger partial charge in [-0.05, 0) is 5.56 Å². The SMILES string of the molecule is N#CCCN(Cc1ccccc1)C(=O)CSCC(=O)O. The zero-order chi connectivity index (χ0) is 14.8. The van der Waals surface area contributed by atoms with Gasteiger partial charge in [0, 0.05) is 13.1 Å². The number of benzene rings is 1. The third-order valence-electron chi connectivity index (χ3n) is 2.51. The lowest BCUT2D eigenvalue weighted by atomic mass is 10.2. The van der Waals surface area contributed by atoms with Gasteiger partial charge >= 0.3 is 5.97 Å². The molecule has 5 nitrogen and oxygen atoms in total. The van der Waals surface area contributed by atoms with Crippen LogP contribution in [-0.4, -0.2) is 39.9 Å². The highest BCUT2D eigenvalue weighted by molar-refractivity contribution is 8.00. The number of hydrogen-bond acceptors (Lipinski definition) is 4. The van der Waals surface area contributed by atoms with E-state index in [1.165, 1.54) is 0 Å². The van der Waals surface area contributed by atoms with Crippen molar-refractivity contribution in [1.29, 1.82) is 5.26 Å². The molecule has 0 radical (unpaired) electrons. The second kappa shape index (κ2) is 8.99. The summed E-state index contributed by atoms with van der Waals surface area (Å²) in [6, 6.07) is 11.5. The third-order valence-corrected chi connectivity index (χ3v) is 3.42. The highest BCUT2D eigenvalue weighted by atomic mass is 32.2. The van der Waals surface area contributed by atoms with Gasteiger partial charge in [-0.3, -0.25) is 9.59 Å². The van der Waals surface area contributed by atoms with Crippen LogP contribution in [0.25, 0.3) is 0 Å². The van der Waals surface area contributed by atoms with Gasteiger partial charge < -0.3 is 10.0 Å². The van der Waals surface area contributed by atoms with Gasteiger partial charge in [0.1, 0.15) is 0 Å². The largest absolute Gasteiger partial charge is 0.481 e. The Labute approximate surface area is 122 Å². The first kappa shape index (κ1) is 16.1. The van der Waals surface area contributed by atoms with E-state index in [1.807, 2.05) is 36.4 Å². The standard InChI is InChI=1S/C14H16N2O3S/c15-7-4-8-16(9-12-5-2-1-3-6-12)13(17)10-20-11-14(18)19/h1-3,5-6H,4,8-11H2,(H,18,19). The molecule has 0 spiro atoms. The van der Waals surface area contributed by atoms with E-state index >= 15 is 0 Å². The molecule has 0 saturated carbocycles. The maximum atomic E-state index is 12.0. The number of thioether (sulfide) groups is 1. The van der Waals surface area contributed by atoms with Crippen molar-refractivity contribution in [3.05, 3.63) is 35.9 Å². The van der Waals surface area contributed by atoms with E-state index in [4.69, 9.17) is 10.4 Å². The molecular weight excluding hydrogens is 276 g/mol. The lowest BCUT2D eigenvalue weighted by Gasteiger charge is -2.21. The average Bonchev–Trinajstić information content (AvgIpc) is 2.44. The molecule has 0 aromatic heterocycles. The minimum Gasteiger partial charge on any atom is -0.481 e. The molecule has 106 valence electrons. The van der Waals surface area contributed by atoms with Crippen molar-refractivity contribution in [3.8, 4) is 6.07 Å². The number of carboxylic acids is 1. The van der Waals surface area contributed by atoms with Gasteiger partial charge in [0.25, 0.3) is 0 Å². The minimum atomic E-state index is -0.936. The summed E-state index contributed by atoms with van der Waals surface area (Å²) in [6.45, 7) is 0.798. The van der Waals surface area contributed by atoms with Gasteiger partial charge in [0.15, 0.2) is 0 Å². The smallest absolute Gasteiger partial charge is 0.313 e. The van der Waals surface area contributed by atoms with Crippen LogP contribution in [0.4, 0.5) is 0 Å². The van der Waals surface area contributed by atoms with E-state index in [0.29, 0.717) is 13.1 Å². The van der Waals surface area contributed by atoms with Crippen LogP contribution in [0.3, 0.4) is 0 Å². The van der Waals surface area contributed by atoms with Crippen molar-refractivity contribution >= 4 is 23.6 Å². The average molecular weight is 292 g/mol. The number of nitriles is 1. The molecule has 0 atom stereocenters. The summed E-state index contributed by atoms with van der Waals surface area (Å²) in [5, 5.41) is 17.2. The minimum absolute atomic E-state index is 0.0941. The first-order valence-corrected chi connectivity index (χ1v) is 7.27. The number of rotatable bonds is 8. The first-order valence-electron chi connectivity index (χ1n) is 6.11.